The first kappa shape index (κ1) is 16.0. The van der Waals surface area contributed by atoms with Gasteiger partial charge < -0.3 is 15.2 Å². The maximum Gasteiger partial charge on any atom is 0.124 e. The highest BCUT2D eigenvalue weighted by Crippen LogP contribution is 2.24. The van der Waals surface area contributed by atoms with Gasteiger partial charge >= 0.3 is 0 Å². The van der Waals surface area contributed by atoms with E-state index in [2.05, 4.69) is 5.32 Å². The molecular weight excluding hydrogens is 309 g/mol. The van der Waals surface area contributed by atoms with Crippen LogP contribution >= 0.6 is 23.2 Å². The van der Waals surface area contributed by atoms with Gasteiger partial charge in [0.15, 0.2) is 0 Å². The van der Waals surface area contributed by atoms with Gasteiger partial charge in [0.25, 0.3) is 0 Å². The van der Waals surface area contributed by atoms with Gasteiger partial charge in [0, 0.05) is 27.8 Å². The molecule has 0 saturated heterocycles. The summed E-state index contributed by atoms with van der Waals surface area (Å²) in [7, 11) is 0. The lowest BCUT2D eigenvalue weighted by atomic mass is 10.1. The summed E-state index contributed by atoms with van der Waals surface area (Å²) in [5.74, 6) is 0.705. The highest BCUT2D eigenvalue weighted by Gasteiger charge is 2.04. The predicted molar refractivity (Wildman–Crippen MR) is 87.3 cm³/mol. The third-order valence-electron chi connectivity index (χ3n) is 2.95. The number of benzene rings is 2. The Morgan fingerprint density at radius 3 is 2.43 bits per heavy atom. The second kappa shape index (κ2) is 7.55. The molecule has 2 rings (SSSR count). The van der Waals surface area contributed by atoms with Gasteiger partial charge in [-0.05, 0) is 48.9 Å². The first-order valence-electron chi connectivity index (χ1n) is 6.67. The molecule has 0 aliphatic carbocycles. The van der Waals surface area contributed by atoms with Crippen LogP contribution < -0.4 is 10.1 Å². The zero-order valence-electron chi connectivity index (χ0n) is 11.7. The van der Waals surface area contributed by atoms with Crippen LogP contribution in [0.3, 0.4) is 0 Å². The highest BCUT2D eigenvalue weighted by atomic mass is 35.5. The maximum absolute atomic E-state index is 9.38. The molecule has 3 nitrogen and oxygen atoms in total. The quantitative estimate of drug-likeness (QED) is 0.821. The predicted octanol–water partition coefficient (Wildman–Crippen LogP) is 4.50. The molecule has 0 heterocycles. The molecule has 0 radical (unpaired) electrons. The lowest BCUT2D eigenvalue weighted by molar-refractivity contribution is 0.267. The fourth-order valence-electron chi connectivity index (χ4n) is 2.03. The average molecular weight is 326 g/mol. The van der Waals surface area contributed by atoms with Crippen molar-refractivity contribution in [3.05, 3.63) is 57.6 Å². The number of halogens is 2. The van der Waals surface area contributed by atoms with E-state index in [9.17, 15) is 5.11 Å². The maximum atomic E-state index is 9.38. The van der Waals surface area contributed by atoms with Gasteiger partial charge in [0.05, 0.1) is 13.2 Å². The molecule has 0 saturated carbocycles. The number of ether oxygens (including phenoxy) is 1. The van der Waals surface area contributed by atoms with Crippen molar-refractivity contribution in [3.63, 3.8) is 0 Å². The first-order valence-corrected chi connectivity index (χ1v) is 7.43. The number of aliphatic hydroxyl groups excluding tert-OH is 1. The Balaban J connectivity index is 2.09. The van der Waals surface area contributed by atoms with Gasteiger partial charge in [-0.1, -0.05) is 23.2 Å². The largest absolute Gasteiger partial charge is 0.494 e. The SMILES string of the molecule is CCOc1ccc(NCc2cc(Cl)cc(Cl)c2)cc1CO. The van der Waals surface area contributed by atoms with Crippen LogP contribution in [0.2, 0.25) is 10.0 Å². The topological polar surface area (TPSA) is 41.5 Å². The molecule has 2 aromatic carbocycles. The van der Waals surface area contributed by atoms with Gasteiger partial charge in [0.1, 0.15) is 5.75 Å². The van der Waals surface area contributed by atoms with Crippen molar-refractivity contribution < 1.29 is 9.84 Å². The van der Waals surface area contributed by atoms with Gasteiger partial charge in [-0.15, -0.1) is 0 Å². The third kappa shape index (κ3) is 4.53. The van der Waals surface area contributed by atoms with Crippen molar-refractivity contribution in [2.45, 2.75) is 20.1 Å². The van der Waals surface area contributed by atoms with Crippen molar-refractivity contribution in [2.24, 2.45) is 0 Å². The van der Waals surface area contributed by atoms with E-state index in [1.807, 2.05) is 37.3 Å². The van der Waals surface area contributed by atoms with E-state index in [1.54, 1.807) is 6.07 Å². The van der Waals surface area contributed by atoms with Crippen LogP contribution in [0, 0.1) is 0 Å². The zero-order valence-corrected chi connectivity index (χ0v) is 13.2. The molecule has 0 bridgehead atoms. The second-order valence-electron chi connectivity index (χ2n) is 4.54. The molecule has 5 heteroatoms. The molecule has 0 aromatic heterocycles. The zero-order chi connectivity index (χ0) is 15.2. The molecule has 0 amide bonds. The average Bonchev–Trinajstić information content (AvgIpc) is 2.45. The number of anilines is 1. The summed E-state index contributed by atoms with van der Waals surface area (Å²) in [6.45, 7) is 3.02. The smallest absolute Gasteiger partial charge is 0.124 e. The van der Waals surface area contributed by atoms with E-state index >= 15 is 0 Å². The van der Waals surface area contributed by atoms with Gasteiger partial charge in [-0.25, -0.2) is 0 Å². The van der Waals surface area contributed by atoms with Crippen LogP contribution in [0.25, 0.3) is 0 Å². The van der Waals surface area contributed by atoms with Crippen molar-refractivity contribution in [1.82, 2.24) is 0 Å². The molecule has 0 atom stereocenters. The molecule has 2 aromatic rings. The van der Waals surface area contributed by atoms with Crippen molar-refractivity contribution >= 4 is 28.9 Å². The number of rotatable bonds is 6. The Kier molecular flexibility index (Phi) is 5.74. The summed E-state index contributed by atoms with van der Waals surface area (Å²) in [6.07, 6.45) is 0. The van der Waals surface area contributed by atoms with Crippen molar-refractivity contribution in [3.8, 4) is 5.75 Å². The van der Waals surface area contributed by atoms with Crippen molar-refractivity contribution in [2.75, 3.05) is 11.9 Å². The lowest BCUT2D eigenvalue weighted by Gasteiger charge is -2.12. The fraction of sp³-hybridized carbons (Fsp3) is 0.250. The normalized spacial score (nSPS) is 10.5. The summed E-state index contributed by atoms with van der Waals surface area (Å²) < 4.78 is 5.45. The van der Waals surface area contributed by atoms with E-state index in [0.717, 1.165) is 16.8 Å². The number of hydrogen-bond acceptors (Lipinski definition) is 3. The van der Waals surface area contributed by atoms with Crippen LogP contribution in [0.4, 0.5) is 5.69 Å². The molecule has 0 fully saturated rings. The molecular formula is C16H17Cl2NO2. The number of nitrogens with one attached hydrogen (secondary N) is 1. The minimum Gasteiger partial charge on any atom is -0.494 e. The Morgan fingerprint density at radius 2 is 1.81 bits per heavy atom. The van der Waals surface area contributed by atoms with Gasteiger partial charge in [-0.3, -0.25) is 0 Å². The third-order valence-corrected chi connectivity index (χ3v) is 3.39. The van der Waals surface area contributed by atoms with Gasteiger partial charge in [-0.2, -0.15) is 0 Å². The summed E-state index contributed by atoms with van der Waals surface area (Å²) in [5.41, 5.74) is 2.65. The van der Waals surface area contributed by atoms with Crippen molar-refractivity contribution in [1.29, 1.82) is 0 Å². The number of hydrogen-bond donors (Lipinski definition) is 2. The molecule has 112 valence electrons. The first-order chi connectivity index (χ1) is 10.1. The Bertz CT molecular complexity index is 597. The lowest BCUT2D eigenvalue weighted by Crippen LogP contribution is -2.02. The monoisotopic (exact) mass is 325 g/mol. The van der Waals surface area contributed by atoms with Gasteiger partial charge in [0.2, 0.25) is 0 Å². The highest BCUT2D eigenvalue weighted by molar-refractivity contribution is 6.34. The van der Waals surface area contributed by atoms with Crippen LogP contribution in [0.5, 0.6) is 5.75 Å². The number of aliphatic hydroxyl groups is 1. The van der Waals surface area contributed by atoms with E-state index < -0.39 is 0 Å². The minimum absolute atomic E-state index is 0.0617. The van der Waals surface area contributed by atoms with E-state index in [-0.39, 0.29) is 6.61 Å². The molecule has 0 spiro atoms. The van der Waals surface area contributed by atoms with Crippen LogP contribution in [-0.2, 0) is 13.2 Å². The molecule has 0 aliphatic heterocycles. The fourth-order valence-corrected chi connectivity index (χ4v) is 2.60. The minimum atomic E-state index is -0.0617. The van der Waals surface area contributed by atoms with Crippen LogP contribution in [-0.4, -0.2) is 11.7 Å². The van der Waals surface area contributed by atoms with E-state index in [4.69, 9.17) is 27.9 Å². The molecule has 2 N–H and O–H groups in total. The Labute approximate surface area is 134 Å². The van der Waals surface area contributed by atoms with Crippen LogP contribution in [0.1, 0.15) is 18.1 Å². The summed E-state index contributed by atoms with van der Waals surface area (Å²) >= 11 is 11.9. The summed E-state index contributed by atoms with van der Waals surface area (Å²) in [5, 5.41) is 13.9. The summed E-state index contributed by atoms with van der Waals surface area (Å²) in [6, 6.07) is 11.1. The molecule has 21 heavy (non-hydrogen) atoms. The molecule has 0 aliphatic rings. The standard InChI is InChI=1S/C16H17Cl2NO2/c1-2-21-16-4-3-15(7-12(16)10-20)19-9-11-5-13(17)8-14(18)6-11/h3-8,19-20H,2,9-10H2,1H3. The van der Waals surface area contributed by atoms with E-state index in [1.165, 1.54) is 0 Å². The Hall–Kier alpha value is -1.42. The van der Waals surface area contributed by atoms with E-state index in [0.29, 0.717) is 28.9 Å². The Morgan fingerprint density at radius 1 is 1.10 bits per heavy atom. The van der Waals surface area contributed by atoms with Crippen LogP contribution in [0.15, 0.2) is 36.4 Å². The second-order valence-corrected chi connectivity index (χ2v) is 5.42. The summed E-state index contributed by atoms with van der Waals surface area (Å²) in [4.78, 5) is 0. The molecule has 0 unspecified atom stereocenters.